The second-order valence-electron chi connectivity index (χ2n) is 6.95. The van der Waals surface area contributed by atoms with Crippen LogP contribution < -0.4 is 16.8 Å². The molecule has 8 nitrogen and oxygen atoms in total. The number of nitrogens with one attached hydrogen (secondary N) is 1. The van der Waals surface area contributed by atoms with E-state index in [1.807, 2.05) is 44.2 Å². The van der Waals surface area contributed by atoms with Crippen molar-refractivity contribution < 1.29 is 13.2 Å². The van der Waals surface area contributed by atoms with Gasteiger partial charge in [0.25, 0.3) is 0 Å². The van der Waals surface area contributed by atoms with Gasteiger partial charge in [-0.25, -0.2) is 18.4 Å². The molecule has 3 rings (SSSR count). The maximum absolute atomic E-state index is 11.9. The van der Waals surface area contributed by atoms with Crippen LogP contribution in [0.1, 0.15) is 35.5 Å². The zero-order valence-electron chi connectivity index (χ0n) is 18.9. The fraction of sp³-hybridized carbons (Fsp3) is 0.261. The molecule has 0 saturated heterocycles. The minimum Gasteiger partial charge on any atom is -0.370 e. The maximum atomic E-state index is 11.9. The van der Waals surface area contributed by atoms with Crippen LogP contribution >= 0.6 is 11.3 Å². The van der Waals surface area contributed by atoms with E-state index in [-0.39, 0.29) is 10.9 Å². The van der Waals surface area contributed by atoms with E-state index in [9.17, 15) is 13.2 Å². The average Bonchev–Trinajstić information content (AvgIpc) is 3.15. The molecule has 2 aromatic carbocycles. The molecule has 0 fully saturated rings. The summed E-state index contributed by atoms with van der Waals surface area (Å²) in [5, 5.41) is 3.12. The lowest BCUT2D eigenvalue weighted by molar-refractivity contribution is -0.105. The van der Waals surface area contributed by atoms with Gasteiger partial charge in [-0.15, -0.1) is 11.3 Å². The number of carbonyl (C=O) groups is 1. The van der Waals surface area contributed by atoms with E-state index in [4.69, 9.17) is 11.5 Å². The quantitative estimate of drug-likeness (QED) is 0.240. The highest BCUT2D eigenvalue weighted by Crippen LogP contribution is 2.27. The molecular weight excluding hydrogens is 458 g/mol. The molecule has 33 heavy (non-hydrogen) atoms. The van der Waals surface area contributed by atoms with Crippen LogP contribution in [-0.4, -0.2) is 32.0 Å². The summed E-state index contributed by atoms with van der Waals surface area (Å²) in [7, 11) is -3.28. The highest BCUT2D eigenvalue weighted by atomic mass is 32.2. The van der Waals surface area contributed by atoms with Crippen LogP contribution in [0.3, 0.4) is 0 Å². The number of aryl methyl sites for hydroxylation is 2. The Balaban J connectivity index is 0.00000187. The van der Waals surface area contributed by atoms with Crippen LogP contribution in [0.2, 0.25) is 0 Å². The van der Waals surface area contributed by atoms with Crippen molar-refractivity contribution in [1.82, 2.24) is 4.98 Å². The molecule has 0 bridgehead atoms. The summed E-state index contributed by atoms with van der Waals surface area (Å²) >= 11 is 1.39. The van der Waals surface area contributed by atoms with Crippen LogP contribution in [0.15, 0.2) is 58.4 Å². The summed E-state index contributed by atoms with van der Waals surface area (Å²) in [6.07, 6.45) is 3.72. The van der Waals surface area contributed by atoms with E-state index in [0.29, 0.717) is 30.1 Å². The summed E-state index contributed by atoms with van der Waals surface area (Å²) in [4.78, 5) is 20.7. The molecular formula is C23H29N5O3S2. The van der Waals surface area contributed by atoms with E-state index in [1.165, 1.54) is 17.6 Å². The average molecular weight is 488 g/mol. The van der Waals surface area contributed by atoms with E-state index in [0.717, 1.165) is 28.1 Å². The van der Waals surface area contributed by atoms with Crippen LogP contribution in [-0.2, 0) is 33.9 Å². The molecule has 5 N–H and O–H groups in total. The number of rotatable bonds is 9. The zero-order chi connectivity index (χ0) is 24.4. The van der Waals surface area contributed by atoms with Gasteiger partial charge in [-0.2, -0.15) is 0 Å². The molecule has 176 valence electrons. The van der Waals surface area contributed by atoms with Gasteiger partial charge in [-0.05, 0) is 48.2 Å². The van der Waals surface area contributed by atoms with Crippen molar-refractivity contribution in [3.05, 3.63) is 70.2 Å². The number of sulfone groups is 1. The molecule has 0 aliphatic heterocycles. The predicted molar refractivity (Wildman–Crippen MR) is 135 cm³/mol. The molecule has 0 saturated carbocycles. The van der Waals surface area contributed by atoms with E-state index in [2.05, 4.69) is 15.3 Å². The van der Waals surface area contributed by atoms with Crippen LogP contribution in [0.4, 0.5) is 10.8 Å². The number of aromatic nitrogens is 1. The van der Waals surface area contributed by atoms with Crippen LogP contribution in [0.5, 0.6) is 0 Å². The molecule has 3 aromatic rings. The van der Waals surface area contributed by atoms with Crippen LogP contribution in [0.25, 0.3) is 0 Å². The summed E-state index contributed by atoms with van der Waals surface area (Å²) in [6.45, 7) is 4.00. The molecule has 0 unspecified atom stereocenters. The Morgan fingerprint density at radius 3 is 2.39 bits per heavy atom. The lowest BCUT2D eigenvalue weighted by Gasteiger charge is -2.06. The topological polar surface area (TPSA) is 141 Å². The van der Waals surface area contributed by atoms with Crippen molar-refractivity contribution in [1.29, 1.82) is 0 Å². The molecule has 0 atom stereocenters. The summed E-state index contributed by atoms with van der Waals surface area (Å²) < 4.78 is 23.7. The fourth-order valence-corrected chi connectivity index (χ4v) is 4.74. The van der Waals surface area contributed by atoms with Gasteiger partial charge in [0, 0.05) is 17.6 Å². The lowest BCUT2D eigenvalue weighted by Crippen LogP contribution is -2.21. The normalized spacial score (nSPS) is 10.6. The summed E-state index contributed by atoms with van der Waals surface area (Å²) in [6, 6.07) is 14.5. The van der Waals surface area contributed by atoms with Gasteiger partial charge in [-0.3, -0.25) is 4.79 Å². The van der Waals surface area contributed by atoms with Gasteiger partial charge in [0.15, 0.2) is 20.9 Å². The van der Waals surface area contributed by atoms with Gasteiger partial charge in [-0.1, -0.05) is 38.1 Å². The van der Waals surface area contributed by atoms with Crippen molar-refractivity contribution >= 4 is 44.4 Å². The molecule has 0 aliphatic carbocycles. The number of aliphatic imine (C=N–C) groups is 1. The molecule has 0 aliphatic rings. The third-order valence-corrected chi connectivity index (χ3v) is 6.64. The van der Waals surface area contributed by atoms with Gasteiger partial charge < -0.3 is 16.8 Å². The fourth-order valence-electron chi connectivity index (χ4n) is 3.05. The second-order valence-corrected chi connectivity index (χ2v) is 10.0. The first kappa shape index (κ1) is 26.0. The molecule has 0 spiro atoms. The smallest absolute Gasteiger partial charge is 0.213 e. The van der Waals surface area contributed by atoms with Crippen molar-refractivity contribution in [2.45, 2.75) is 38.0 Å². The first-order valence-electron chi connectivity index (χ1n) is 10.4. The van der Waals surface area contributed by atoms with Crippen molar-refractivity contribution in [3.63, 3.8) is 0 Å². The SMILES string of the molecule is CC.CS(=O)(=O)c1cccc(Cc2sc(NC=O)nc2CCc2ccc(N=C(N)N)cc2)c1. The van der Waals surface area contributed by atoms with E-state index in [1.54, 1.807) is 18.2 Å². The highest BCUT2D eigenvalue weighted by molar-refractivity contribution is 7.90. The second kappa shape index (κ2) is 12.1. The number of benzene rings is 2. The Morgan fingerprint density at radius 1 is 1.09 bits per heavy atom. The Labute approximate surface area is 198 Å². The first-order valence-corrected chi connectivity index (χ1v) is 13.1. The minimum absolute atomic E-state index is 0.00927. The predicted octanol–water partition coefficient (Wildman–Crippen LogP) is 3.42. The van der Waals surface area contributed by atoms with Crippen molar-refractivity contribution in [3.8, 4) is 0 Å². The zero-order valence-corrected chi connectivity index (χ0v) is 20.5. The third-order valence-electron chi connectivity index (χ3n) is 4.50. The lowest BCUT2D eigenvalue weighted by atomic mass is 10.0. The van der Waals surface area contributed by atoms with Gasteiger partial charge in [0.1, 0.15) is 0 Å². The molecule has 10 heteroatoms. The molecule has 1 amide bonds. The Morgan fingerprint density at radius 2 is 1.79 bits per heavy atom. The number of guanidine groups is 1. The number of hydrogen-bond acceptors (Lipinski definition) is 6. The van der Waals surface area contributed by atoms with Gasteiger partial charge in [0.05, 0.1) is 16.3 Å². The minimum atomic E-state index is -3.28. The molecule has 1 heterocycles. The standard InChI is InChI=1S/C21H23N5O3S2.C2H6/c1-31(28,29)17-4-2-3-15(11-17)12-19-18(26-21(30-19)24-13-27)10-7-14-5-8-16(9-6-14)25-20(22)23;1-2/h2-6,8-9,11,13H,7,10,12H2,1H3,(H4,22,23,25)(H,24,26,27);1-2H3. The summed E-state index contributed by atoms with van der Waals surface area (Å²) in [5.74, 6) is 0.00927. The van der Waals surface area contributed by atoms with Gasteiger partial charge in [0.2, 0.25) is 6.41 Å². The Bertz CT molecular complexity index is 1200. The third kappa shape index (κ3) is 7.99. The number of nitrogens with zero attached hydrogens (tertiary/aromatic N) is 2. The van der Waals surface area contributed by atoms with E-state index < -0.39 is 9.84 Å². The number of anilines is 1. The largest absolute Gasteiger partial charge is 0.370 e. The maximum Gasteiger partial charge on any atom is 0.213 e. The number of hydrogen-bond donors (Lipinski definition) is 3. The Hall–Kier alpha value is -3.24. The molecule has 1 aromatic heterocycles. The Kier molecular flexibility index (Phi) is 9.56. The van der Waals surface area contributed by atoms with Gasteiger partial charge >= 0.3 is 0 Å². The van der Waals surface area contributed by atoms with Crippen LogP contribution in [0, 0.1) is 0 Å². The number of thiazole rings is 1. The van der Waals surface area contributed by atoms with E-state index >= 15 is 0 Å². The first-order chi connectivity index (χ1) is 15.7. The number of amides is 1. The van der Waals surface area contributed by atoms with Crippen molar-refractivity contribution in [2.24, 2.45) is 16.5 Å². The summed E-state index contributed by atoms with van der Waals surface area (Å²) in [5.41, 5.74) is 14.3. The number of nitrogens with two attached hydrogens (primary N) is 2. The number of carbonyl (C=O) groups excluding carboxylic acids is 1. The monoisotopic (exact) mass is 487 g/mol. The highest BCUT2D eigenvalue weighted by Gasteiger charge is 2.14. The molecule has 0 radical (unpaired) electrons. The van der Waals surface area contributed by atoms with Crippen molar-refractivity contribution in [2.75, 3.05) is 11.6 Å².